The van der Waals surface area contributed by atoms with Crippen molar-refractivity contribution in [3.8, 4) is 0 Å². The van der Waals surface area contributed by atoms with Crippen LogP contribution in [0.15, 0.2) is 48.7 Å². The molecular weight excluding hydrogens is 406 g/mol. The van der Waals surface area contributed by atoms with Gasteiger partial charge < -0.3 is 21.3 Å². The van der Waals surface area contributed by atoms with Crippen molar-refractivity contribution < 1.29 is 14.4 Å². The zero-order valence-electron chi connectivity index (χ0n) is 18.9. The minimum atomic E-state index is -0.852. The lowest BCUT2D eigenvalue weighted by atomic mass is 9.89. The van der Waals surface area contributed by atoms with E-state index in [4.69, 9.17) is 0 Å². The summed E-state index contributed by atoms with van der Waals surface area (Å²) in [4.78, 5) is 43.5. The zero-order valence-corrected chi connectivity index (χ0v) is 18.9. The van der Waals surface area contributed by atoms with Crippen molar-refractivity contribution in [2.45, 2.75) is 51.4 Å². The minimum absolute atomic E-state index is 0.159. The van der Waals surface area contributed by atoms with Gasteiger partial charge in [-0.25, -0.2) is 4.98 Å². The van der Waals surface area contributed by atoms with E-state index in [-0.39, 0.29) is 29.6 Å². The van der Waals surface area contributed by atoms with Crippen molar-refractivity contribution in [1.29, 1.82) is 0 Å². The van der Waals surface area contributed by atoms with Crippen LogP contribution in [0.5, 0.6) is 0 Å². The monoisotopic (exact) mass is 437 g/mol. The van der Waals surface area contributed by atoms with Crippen LogP contribution in [0, 0.1) is 5.92 Å². The number of pyridine rings is 1. The van der Waals surface area contributed by atoms with E-state index in [1.54, 1.807) is 44.4 Å². The average molecular weight is 438 g/mol. The molecule has 2 amide bonds. The van der Waals surface area contributed by atoms with E-state index >= 15 is 0 Å². The molecule has 3 rings (SSSR count). The summed E-state index contributed by atoms with van der Waals surface area (Å²) in [5.41, 5.74) is 1.45. The highest BCUT2D eigenvalue weighted by atomic mass is 16.2. The fourth-order valence-electron chi connectivity index (χ4n) is 3.75. The van der Waals surface area contributed by atoms with Crippen LogP contribution in [0.1, 0.15) is 36.7 Å². The molecule has 32 heavy (non-hydrogen) atoms. The van der Waals surface area contributed by atoms with Gasteiger partial charge in [0.15, 0.2) is 5.78 Å². The molecule has 4 atom stereocenters. The molecule has 1 aromatic carbocycles. The summed E-state index contributed by atoms with van der Waals surface area (Å²) in [6, 6.07) is 10.1. The van der Waals surface area contributed by atoms with E-state index in [1.807, 2.05) is 32.0 Å². The number of Topliss-reactive ketones (excluding diaryl/α,β-unsaturated/α-hetero) is 1. The largest absolute Gasteiger partial charge is 0.364 e. The number of hydrogen-bond donors (Lipinski definition) is 4. The predicted molar refractivity (Wildman–Crippen MR) is 123 cm³/mol. The van der Waals surface area contributed by atoms with E-state index in [2.05, 4.69) is 26.3 Å². The van der Waals surface area contributed by atoms with Crippen molar-refractivity contribution in [3.05, 3.63) is 59.8 Å². The van der Waals surface area contributed by atoms with Crippen LogP contribution in [0.3, 0.4) is 0 Å². The number of carbonyl (C=O) groups excluding carboxylic acids is 3. The maximum absolute atomic E-state index is 13.7. The predicted octanol–water partition coefficient (Wildman–Crippen LogP) is 1.53. The van der Waals surface area contributed by atoms with Gasteiger partial charge in [0.05, 0.1) is 18.1 Å². The Hall–Kier alpha value is -3.26. The zero-order chi connectivity index (χ0) is 23.3. The second-order valence-electron chi connectivity index (χ2n) is 8.43. The number of rotatable bonds is 9. The number of nitrogens with zero attached hydrogens (tertiary/aromatic N) is 1. The first-order valence-corrected chi connectivity index (χ1v) is 10.9. The summed E-state index contributed by atoms with van der Waals surface area (Å²) in [6.45, 7) is 5.48. The van der Waals surface area contributed by atoms with Gasteiger partial charge in [0.25, 0.3) is 5.91 Å². The van der Waals surface area contributed by atoms with Crippen LogP contribution in [0.2, 0.25) is 0 Å². The van der Waals surface area contributed by atoms with Gasteiger partial charge in [0.1, 0.15) is 11.9 Å². The van der Waals surface area contributed by atoms with Gasteiger partial charge in [-0.3, -0.25) is 14.4 Å². The molecule has 2 aromatic rings. The third-order valence-corrected chi connectivity index (χ3v) is 5.78. The Balaban J connectivity index is 1.87. The third-order valence-electron chi connectivity index (χ3n) is 5.78. The molecule has 0 saturated carbocycles. The van der Waals surface area contributed by atoms with Crippen LogP contribution in [0.25, 0.3) is 0 Å². The number of anilines is 1. The molecule has 8 nitrogen and oxygen atoms in total. The summed E-state index contributed by atoms with van der Waals surface area (Å²) < 4.78 is 0. The molecule has 0 saturated heterocycles. The van der Waals surface area contributed by atoms with E-state index < -0.39 is 18.1 Å². The van der Waals surface area contributed by atoms with Crippen molar-refractivity contribution in [3.63, 3.8) is 0 Å². The number of nitrogens with one attached hydrogen (secondary N) is 4. The topological polar surface area (TPSA) is 112 Å². The highest BCUT2D eigenvalue weighted by molar-refractivity contribution is 6.01. The average Bonchev–Trinajstić information content (AvgIpc) is 3.23. The first-order chi connectivity index (χ1) is 15.3. The number of fused-ring (bicyclic) bond motifs is 1. The molecule has 1 unspecified atom stereocenters. The third kappa shape index (κ3) is 5.31. The molecular formula is C24H31N5O3. The highest BCUT2D eigenvalue weighted by Crippen LogP contribution is 2.26. The summed E-state index contributed by atoms with van der Waals surface area (Å²) in [7, 11) is 1.69. The van der Waals surface area contributed by atoms with Crippen LogP contribution >= 0.6 is 0 Å². The van der Waals surface area contributed by atoms with Crippen molar-refractivity contribution in [2.75, 3.05) is 12.4 Å². The smallest absolute Gasteiger partial charge is 0.251 e. The lowest BCUT2D eigenvalue weighted by molar-refractivity contribution is -0.130. The number of benzene rings is 1. The fraction of sp³-hybridized carbons (Fsp3) is 0.417. The molecule has 1 aromatic heterocycles. The quantitative estimate of drug-likeness (QED) is 0.473. The Morgan fingerprint density at radius 2 is 1.75 bits per heavy atom. The Morgan fingerprint density at radius 1 is 1.03 bits per heavy atom. The second kappa shape index (κ2) is 10.4. The summed E-state index contributed by atoms with van der Waals surface area (Å²) in [5, 5.41) is 11.9. The molecule has 2 heterocycles. The molecule has 8 heteroatoms. The van der Waals surface area contributed by atoms with Gasteiger partial charge in [-0.15, -0.1) is 0 Å². The summed E-state index contributed by atoms with van der Waals surface area (Å²) in [5.74, 6) is -0.304. The van der Waals surface area contributed by atoms with E-state index in [0.717, 1.165) is 5.56 Å². The van der Waals surface area contributed by atoms with Crippen LogP contribution in [-0.2, 0) is 16.0 Å². The number of carbonyl (C=O) groups is 3. The Morgan fingerprint density at radius 3 is 2.38 bits per heavy atom. The molecule has 0 bridgehead atoms. The number of hydrogen-bond acceptors (Lipinski definition) is 6. The van der Waals surface area contributed by atoms with Gasteiger partial charge in [-0.2, -0.15) is 0 Å². The molecule has 4 N–H and O–H groups in total. The first-order valence-electron chi connectivity index (χ1n) is 10.9. The Kier molecular flexibility index (Phi) is 7.58. The van der Waals surface area contributed by atoms with Crippen LogP contribution < -0.4 is 21.3 Å². The second-order valence-corrected chi connectivity index (χ2v) is 8.43. The van der Waals surface area contributed by atoms with E-state index in [0.29, 0.717) is 17.8 Å². The van der Waals surface area contributed by atoms with Crippen molar-refractivity contribution >= 4 is 23.4 Å². The van der Waals surface area contributed by atoms with Gasteiger partial charge in [0, 0.05) is 11.8 Å². The SMILES string of the molecule is CN[C@@H](C)C(=O)N[C@H](C(=O)C(NC(=O)c1ccccc1)[C@@H]1Cc2cccnc2N1)C(C)C. The van der Waals surface area contributed by atoms with Gasteiger partial charge >= 0.3 is 0 Å². The molecule has 170 valence electrons. The van der Waals surface area contributed by atoms with E-state index in [9.17, 15) is 14.4 Å². The van der Waals surface area contributed by atoms with Gasteiger partial charge in [-0.05, 0) is 50.1 Å². The van der Waals surface area contributed by atoms with Crippen molar-refractivity contribution in [1.82, 2.24) is 20.9 Å². The number of aromatic nitrogens is 1. The molecule has 1 aliphatic heterocycles. The standard InChI is InChI=1S/C24H31N5O3/c1-14(2)19(28-23(31)15(3)25-4)21(30)20(29-24(32)16-9-6-5-7-10-16)18-13-17-11-8-12-26-22(17)27-18/h5-12,14-15,18-20,25H,13H2,1-4H3,(H,26,27)(H,28,31)(H,29,32)/t15-,18-,19-,20?/m0/s1. The normalized spacial score (nSPS) is 17.6. The van der Waals surface area contributed by atoms with Crippen LogP contribution in [-0.4, -0.2) is 53.8 Å². The van der Waals surface area contributed by atoms with Crippen LogP contribution in [0.4, 0.5) is 5.82 Å². The molecule has 0 spiro atoms. The lowest BCUT2D eigenvalue weighted by Gasteiger charge is -2.30. The van der Waals surface area contributed by atoms with Gasteiger partial charge in [-0.1, -0.05) is 38.1 Å². The number of likely N-dealkylation sites (N-methyl/N-ethyl adjacent to an activating group) is 1. The van der Waals surface area contributed by atoms with E-state index in [1.165, 1.54) is 0 Å². The molecule has 0 fully saturated rings. The summed E-state index contributed by atoms with van der Waals surface area (Å²) in [6.07, 6.45) is 2.23. The highest BCUT2D eigenvalue weighted by Gasteiger charge is 2.39. The van der Waals surface area contributed by atoms with Crippen molar-refractivity contribution in [2.24, 2.45) is 5.92 Å². The molecule has 0 radical (unpaired) electrons. The molecule has 0 aliphatic carbocycles. The Bertz CT molecular complexity index is 938. The Labute approximate surface area is 188 Å². The lowest BCUT2D eigenvalue weighted by Crippen LogP contribution is -2.60. The maximum Gasteiger partial charge on any atom is 0.251 e. The summed E-state index contributed by atoms with van der Waals surface area (Å²) >= 11 is 0. The maximum atomic E-state index is 13.7. The fourth-order valence-corrected chi connectivity index (χ4v) is 3.75. The number of amides is 2. The first kappa shape index (κ1) is 23.4. The minimum Gasteiger partial charge on any atom is -0.364 e. The molecule has 1 aliphatic rings. The van der Waals surface area contributed by atoms with Gasteiger partial charge in [0.2, 0.25) is 5.91 Å². The number of ketones is 1.